The van der Waals surface area contributed by atoms with Crippen LogP contribution in [0.1, 0.15) is 20.8 Å². The maximum absolute atomic E-state index is 13.8. The second-order valence-corrected chi connectivity index (χ2v) is 5.36. The van der Waals surface area contributed by atoms with Gasteiger partial charge in [0.05, 0.1) is 16.2 Å². The van der Waals surface area contributed by atoms with Crippen LogP contribution < -0.4 is 5.32 Å². The van der Waals surface area contributed by atoms with Gasteiger partial charge in [0.1, 0.15) is 17.3 Å². The first-order valence-corrected chi connectivity index (χ1v) is 7.05. The predicted molar refractivity (Wildman–Crippen MR) is 84.6 cm³/mol. The van der Waals surface area contributed by atoms with Crippen LogP contribution in [0.3, 0.4) is 0 Å². The van der Waals surface area contributed by atoms with Gasteiger partial charge in [-0.1, -0.05) is 11.6 Å². The number of aromatic amines is 1. The van der Waals surface area contributed by atoms with Gasteiger partial charge in [0.25, 0.3) is 5.91 Å². The topological polar surface area (TPSA) is 82.2 Å². The highest BCUT2D eigenvalue weighted by molar-refractivity contribution is 6.31. The Balaban J connectivity index is 2.00. The van der Waals surface area contributed by atoms with Gasteiger partial charge >= 0.3 is 5.97 Å². The lowest BCUT2D eigenvalue weighted by molar-refractivity contribution is 0.0691. The minimum atomic E-state index is -1.26. The number of halogens is 3. The van der Waals surface area contributed by atoms with E-state index in [1.54, 1.807) is 0 Å². The Kier molecular flexibility index (Phi) is 3.94. The lowest BCUT2D eigenvalue weighted by atomic mass is 10.1. The van der Waals surface area contributed by atoms with Crippen molar-refractivity contribution in [3.05, 3.63) is 64.3 Å². The number of H-pyrrole nitrogens is 1. The number of carbonyl (C=O) groups is 2. The van der Waals surface area contributed by atoms with E-state index in [0.29, 0.717) is 0 Å². The van der Waals surface area contributed by atoms with Crippen molar-refractivity contribution in [2.24, 2.45) is 0 Å². The molecule has 3 aromatic rings. The maximum Gasteiger partial charge on any atom is 0.352 e. The highest BCUT2D eigenvalue weighted by Crippen LogP contribution is 2.27. The lowest BCUT2D eigenvalue weighted by Gasteiger charge is -2.07. The van der Waals surface area contributed by atoms with Gasteiger partial charge in [-0.15, -0.1) is 0 Å². The summed E-state index contributed by atoms with van der Waals surface area (Å²) in [5.74, 6) is -3.16. The summed E-state index contributed by atoms with van der Waals surface area (Å²) >= 11 is 5.64. The molecule has 3 N–H and O–H groups in total. The van der Waals surface area contributed by atoms with E-state index in [2.05, 4.69) is 10.3 Å². The van der Waals surface area contributed by atoms with E-state index < -0.39 is 23.5 Å². The fourth-order valence-corrected chi connectivity index (χ4v) is 2.42. The second kappa shape index (κ2) is 5.93. The Hall–Kier alpha value is -2.93. The van der Waals surface area contributed by atoms with Crippen molar-refractivity contribution < 1.29 is 23.5 Å². The molecule has 24 heavy (non-hydrogen) atoms. The first kappa shape index (κ1) is 15.9. The minimum absolute atomic E-state index is 0.0395. The summed E-state index contributed by atoms with van der Waals surface area (Å²) in [5.41, 5.74) is 0.0613. The molecule has 8 heteroatoms. The molecule has 0 aliphatic carbocycles. The zero-order valence-electron chi connectivity index (χ0n) is 11.9. The van der Waals surface area contributed by atoms with Gasteiger partial charge in [0, 0.05) is 10.9 Å². The largest absolute Gasteiger partial charge is 0.477 e. The van der Waals surface area contributed by atoms with E-state index in [1.165, 1.54) is 18.2 Å². The number of amides is 1. The lowest BCUT2D eigenvalue weighted by Crippen LogP contribution is -2.12. The van der Waals surface area contributed by atoms with Crippen LogP contribution in [0.5, 0.6) is 0 Å². The van der Waals surface area contributed by atoms with Gasteiger partial charge in [-0.25, -0.2) is 13.6 Å². The Bertz CT molecular complexity index is 985. The van der Waals surface area contributed by atoms with E-state index in [9.17, 15) is 18.4 Å². The van der Waals surface area contributed by atoms with Crippen LogP contribution in [0.15, 0.2) is 36.4 Å². The predicted octanol–water partition coefficient (Wildman–Crippen LogP) is 4.05. The van der Waals surface area contributed by atoms with Gasteiger partial charge in [-0.2, -0.15) is 0 Å². The first-order chi connectivity index (χ1) is 11.4. The van der Waals surface area contributed by atoms with E-state index in [0.717, 1.165) is 18.2 Å². The average molecular weight is 351 g/mol. The van der Waals surface area contributed by atoms with E-state index in [-0.39, 0.29) is 32.9 Å². The molecule has 3 rings (SSSR count). The zero-order chi connectivity index (χ0) is 17.4. The van der Waals surface area contributed by atoms with Gasteiger partial charge in [-0.05, 0) is 36.4 Å². The fraction of sp³-hybridized carbons (Fsp3) is 0. The van der Waals surface area contributed by atoms with Crippen LogP contribution in [-0.4, -0.2) is 22.0 Å². The molecule has 0 bridgehead atoms. The molecule has 0 aliphatic heterocycles. The summed E-state index contributed by atoms with van der Waals surface area (Å²) in [4.78, 5) is 25.7. The number of benzene rings is 2. The average Bonchev–Trinajstić information content (AvgIpc) is 2.99. The van der Waals surface area contributed by atoms with E-state index >= 15 is 0 Å². The molecule has 0 atom stereocenters. The Morgan fingerprint density at radius 3 is 2.46 bits per heavy atom. The molecule has 0 unspecified atom stereocenters. The molecule has 0 radical (unpaired) electrons. The third-order valence-electron chi connectivity index (χ3n) is 3.40. The number of carboxylic acid groups (broad SMARTS) is 1. The molecule has 0 aliphatic rings. The molecule has 0 spiro atoms. The van der Waals surface area contributed by atoms with Crippen molar-refractivity contribution in [2.75, 3.05) is 5.32 Å². The van der Waals surface area contributed by atoms with Crippen LogP contribution >= 0.6 is 11.6 Å². The molecule has 1 aromatic heterocycles. The van der Waals surface area contributed by atoms with Crippen molar-refractivity contribution in [1.29, 1.82) is 0 Å². The van der Waals surface area contributed by atoms with Gasteiger partial charge in [0.15, 0.2) is 0 Å². The summed E-state index contributed by atoms with van der Waals surface area (Å²) in [6, 6.07) is 7.08. The molecule has 0 fully saturated rings. The number of anilines is 1. The number of carbonyl (C=O) groups excluding carboxylic acids is 1. The molecule has 1 amide bonds. The van der Waals surface area contributed by atoms with Crippen molar-refractivity contribution >= 4 is 40.1 Å². The highest BCUT2D eigenvalue weighted by Gasteiger charge is 2.16. The monoisotopic (exact) mass is 350 g/mol. The van der Waals surface area contributed by atoms with E-state index in [1.807, 2.05) is 0 Å². The maximum atomic E-state index is 13.8. The number of nitrogens with one attached hydrogen (secondary N) is 2. The molecule has 1 heterocycles. The number of aromatic nitrogens is 1. The standard InChI is InChI=1S/C16H9ClF2N2O3/c17-9-5-7(1-2-10(9)18)15(22)21-12-4-3-11(19)14-8(12)6-13(20-14)16(23)24/h1-6,20H,(H,21,22)(H,23,24). The Labute approximate surface area is 138 Å². The molecule has 0 saturated heterocycles. The fourth-order valence-electron chi connectivity index (χ4n) is 2.24. The second-order valence-electron chi connectivity index (χ2n) is 4.95. The summed E-state index contributed by atoms with van der Waals surface area (Å²) in [6.07, 6.45) is 0. The van der Waals surface area contributed by atoms with Gasteiger partial charge < -0.3 is 15.4 Å². The molecule has 0 saturated carbocycles. The number of hydrogen-bond donors (Lipinski definition) is 3. The van der Waals surface area contributed by atoms with Crippen LogP contribution in [0.2, 0.25) is 5.02 Å². The van der Waals surface area contributed by atoms with Crippen molar-refractivity contribution in [3.63, 3.8) is 0 Å². The number of fused-ring (bicyclic) bond motifs is 1. The number of rotatable bonds is 3. The number of hydrogen-bond acceptors (Lipinski definition) is 2. The third-order valence-corrected chi connectivity index (χ3v) is 3.69. The molecular weight excluding hydrogens is 342 g/mol. The quantitative estimate of drug-likeness (QED) is 0.666. The molecular formula is C16H9ClF2N2O3. The molecule has 122 valence electrons. The summed E-state index contributed by atoms with van der Waals surface area (Å²) in [6.45, 7) is 0. The Morgan fingerprint density at radius 1 is 1.08 bits per heavy atom. The number of carboxylic acids is 1. The normalized spacial score (nSPS) is 10.8. The van der Waals surface area contributed by atoms with Crippen molar-refractivity contribution in [1.82, 2.24) is 4.98 Å². The highest BCUT2D eigenvalue weighted by atomic mass is 35.5. The summed E-state index contributed by atoms with van der Waals surface area (Å²) in [5, 5.41) is 11.5. The number of aromatic carboxylic acids is 1. The summed E-state index contributed by atoms with van der Waals surface area (Å²) in [7, 11) is 0. The molecule has 5 nitrogen and oxygen atoms in total. The molecule has 2 aromatic carbocycles. The van der Waals surface area contributed by atoms with Crippen molar-refractivity contribution in [2.45, 2.75) is 0 Å². The van der Waals surface area contributed by atoms with Crippen LogP contribution in [-0.2, 0) is 0 Å². The van der Waals surface area contributed by atoms with Crippen molar-refractivity contribution in [3.8, 4) is 0 Å². The van der Waals surface area contributed by atoms with Crippen LogP contribution in [0.25, 0.3) is 10.9 Å². The zero-order valence-corrected chi connectivity index (χ0v) is 12.6. The van der Waals surface area contributed by atoms with Crippen LogP contribution in [0.4, 0.5) is 14.5 Å². The Morgan fingerprint density at radius 2 is 1.79 bits per heavy atom. The minimum Gasteiger partial charge on any atom is -0.477 e. The van der Waals surface area contributed by atoms with Crippen LogP contribution in [0, 0.1) is 11.6 Å². The SMILES string of the molecule is O=C(Nc1ccc(F)c2[nH]c(C(=O)O)cc12)c1ccc(F)c(Cl)c1. The van der Waals surface area contributed by atoms with E-state index in [4.69, 9.17) is 16.7 Å². The first-order valence-electron chi connectivity index (χ1n) is 6.67. The van der Waals surface area contributed by atoms with Gasteiger partial charge in [-0.3, -0.25) is 4.79 Å². The van der Waals surface area contributed by atoms with Gasteiger partial charge in [0.2, 0.25) is 0 Å². The third kappa shape index (κ3) is 2.81. The summed E-state index contributed by atoms with van der Waals surface area (Å²) < 4.78 is 27.0. The smallest absolute Gasteiger partial charge is 0.352 e.